The van der Waals surface area contributed by atoms with Crippen molar-refractivity contribution < 1.29 is 0 Å². The van der Waals surface area contributed by atoms with E-state index in [1.807, 2.05) is 0 Å². The van der Waals surface area contributed by atoms with E-state index in [1.165, 1.54) is 144 Å². The summed E-state index contributed by atoms with van der Waals surface area (Å²) < 4.78 is 5.11. The maximum atomic E-state index is 4.72. The maximum absolute atomic E-state index is 4.72. The van der Waals surface area contributed by atoms with E-state index in [0.717, 1.165) is 11.3 Å². The van der Waals surface area contributed by atoms with Gasteiger partial charge in [0.15, 0.2) is 0 Å². The lowest BCUT2D eigenvalue weighted by atomic mass is 9.52. The molecule has 0 amide bonds. The van der Waals surface area contributed by atoms with Crippen molar-refractivity contribution in [2.45, 2.75) is 37.0 Å². The second kappa shape index (κ2) is 16.2. The van der Waals surface area contributed by atoms with Crippen LogP contribution < -0.4 is 0 Å². The SMILES string of the molecule is C=CC1=C(/C=C\C)C2(c3ccccc3C3(c4ccccc4-c4c(-n5c6ccccc6c6cc(-c7ccccc7)ccc65)cccc43)c3ccccc32)c2cccc(-n3c4ccccc4c4cc5c(cc43)C(C)(C)c3ccccc3-5)c21. The Morgan fingerprint density at radius 2 is 0.850 bits per heavy atom. The first kappa shape index (κ1) is 45.3. The number of hydrogen-bond donors (Lipinski definition) is 0. The lowest BCUT2D eigenvalue weighted by Gasteiger charge is -2.49. The molecule has 13 aromatic rings. The van der Waals surface area contributed by atoms with E-state index in [0.29, 0.717) is 0 Å². The number of allylic oxidation sites excluding steroid dienone is 5. The molecule has 2 heteroatoms. The molecule has 2 nitrogen and oxygen atoms in total. The minimum atomic E-state index is -0.706. The van der Waals surface area contributed by atoms with Crippen LogP contribution >= 0.6 is 0 Å². The highest BCUT2D eigenvalue weighted by atomic mass is 15.0. The third-order valence-corrected chi connectivity index (χ3v) is 19.1. The van der Waals surface area contributed by atoms with E-state index in [2.05, 4.69) is 291 Å². The lowest BCUT2D eigenvalue weighted by Crippen LogP contribution is -2.44. The zero-order valence-corrected chi connectivity index (χ0v) is 44.9. The Hall–Kier alpha value is -9.76. The Bertz CT molecular complexity index is 4900. The molecule has 0 saturated heterocycles. The van der Waals surface area contributed by atoms with E-state index in [4.69, 9.17) is 6.58 Å². The first-order valence-electron chi connectivity index (χ1n) is 28.2. The fourth-order valence-electron chi connectivity index (χ4n) is 16.1. The quantitative estimate of drug-likeness (QED) is 0.163. The zero-order valence-electron chi connectivity index (χ0n) is 44.9. The third-order valence-electron chi connectivity index (χ3n) is 19.1. The summed E-state index contributed by atoms with van der Waals surface area (Å²) >= 11 is 0. The van der Waals surface area contributed by atoms with Crippen molar-refractivity contribution in [1.29, 1.82) is 0 Å². The normalized spacial score (nSPS) is 17.8. The molecule has 0 bridgehead atoms. The van der Waals surface area contributed by atoms with Crippen molar-refractivity contribution in [2.24, 2.45) is 0 Å². The van der Waals surface area contributed by atoms with E-state index in [-0.39, 0.29) is 5.41 Å². The number of hydrogen-bond acceptors (Lipinski definition) is 0. The molecule has 0 atom stereocenters. The van der Waals surface area contributed by atoms with Crippen LogP contribution in [0.25, 0.3) is 93.9 Å². The summed E-state index contributed by atoms with van der Waals surface area (Å²) in [7, 11) is 0. The Morgan fingerprint density at radius 3 is 1.50 bits per heavy atom. The van der Waals surface area contributed by atoms with Crippen LogP contribution in [0.15, 0.2) is 273 Å². The highest BCUT2D eigenvalue weighted by Gasteiger charge is 2.59. The fourth-order valence-corrected chi connectivity index (χ4v) is 16.1. The summed E-state index contributed by atoms with van der Waals surface area (Å²) in [6, 6.07) is 92.2. The molecule has 0 unspecified atom stereocenters. The molecule has 4 aliphatic carbocycles. The first-order chi connectivity index (χ1) is 39.4. The molecule has 80 heavy (non-hydrogen) atoms. The lowest BCUT2D eigenvalue weighted by molar-refractivity contribution is 0.629. The fraction of sp³-hybridized carbons (Fsp3) is 0.0769. The molecule has 2 aromatic heterocycles. The van der Waals surface area contributed by atoms with Gasteiger partial charge >= 0.3 is 0 Å². The molecular formula is C78H54N2. The molecule has 0 aliphatic heterocycles. The minimum absolute atomic E-state index is 0.158. The molecule has 0 radical (unpaired) electrons. The van der Waals surface area contributed by atoms with Crippen LogP contribution in [0.4, 0.5) is 0 Å². The summed E-state index contributed by atoms with van der Waals surface area (Å²) in [4.78, 5) is 0. The van der Waals surface area contributed by atoms with Crippen molar-refractivity contribution in [3.05, 3.63) is 329 Å². The van der Waals surface area contributed by atoms with E-state index >= 15 is 0 Å². The number of nitrogens with zero attached hydrogens (tertiary/aromatic N) is 2. The van der Waals surface area contributed by atoms with Gasteiger partial charge in [-0.05, 0) is 144 Å². The van der Waals surface area contributed by atoms with Gasteiger partial charge in [-0.3, -0.25) is 0 Å². The summed E-state index contributed by atoms with van der Waals surface area (Å²) in [6.45, 7) is 11.7. The van der Waals surface area contributed by atoms with Gasteiger partial charge in [0, 0.05) is 38.1 Å². The van der Waals surface area contributed by atoms with Crippen molar-refractivity contribution in [1.82, 2.24) is 9.13 Å². The maximum Gasteiger partial charge on any atom is 0.0720 e. The molecule has 4 aliphatic rings. The first-order valence-corrected chi connectivity index (χ1v) is 28.2. The number of rotatable bonds is 5. The molecule has 0 fully saturated rings. The largest absolute Gasteiger partial charge is 0.309 e. The summed E-state index contributed by atoms with van der Waals surface area (Å²) in [6.07, 6.45) is 6.78. The van der Waals surface area contributed by atoms with Gasteiger partial charge in [0.05, 0.1) is 44.3 Å². The topological polar surface area (TPSA) is 9.86 Å². The standard InChI is InChI=1S/C78H54N2/c1-5-24-59-50(6-2)74-65(37-22-41-71(74)80-69-40-21-13-29-53(69)57-46-55-51-27-10-14-31-58(51)76(3,4)67(55)47-73(57)80)77(59)61-33-16-18-35-63(61)78(64-36-19-17-34-62(64)77)60-32-15-11-30-54(60)75-66(78)38-23-42-72(75)79-68-39-20-12-28-52(68)56-45-49(43-44-70(56)79)48-25-8-7-9-26-48/h5-47H,2H2,1,3-4H3/b24-5-. The van der Waals surface area contributed by atoms with Crippen LogP contribution in [-0.4, -0.2) is 9.13 Å². The minimum Gasteiger partial charge on any atom is -0.309 e. The van der Waals surface area contributed by atoms with Crippen LogP contribution in [-0.2, 0) is 16.2 Å². The van der Waals surface area contributed by atoms with Gasteiger partial charge in [-0.2, -0.15) is 0 Å². The number of aromatic nitrogens is 2. The monoisotopic (exact) mass is 1020 g/mol. The van der Waals surface area contributed by atoms with Crippen molar-refractivity contribution in [3.8, 4) is 44.8 Å². The van der Waals surface area contributed by atoms with Crippen molar-refractivity contribution in [3.63, 3.8) is 0 Å². The number of fused-ring (bicyclic) bond motifs is 22. The predicted molar refractivity (Wildman–Crippen MR) is 334 cm³/mol. The molecule has 0 N–H and O–H groups in total. The second-order valence-corrected chi connectivity index (χ2v) is 23.0. The van der Waals surface area contributed by atoms with E-state index < -0.39 is 10.8 Å². The Morgan fingerprint density at radius 1 is 0.350 bits per heavy atom. The third kappa shape index (κ3) is 5.44. The molecule has 376 valence electrons. The van der Waals surface area contributed by atoms with Gasteiger partial charge in [-0.1, -0.05) is 233 Å². The van der Waals surface area contributed by atoms with Gasteiger partial charge in [0.25, 0.3) is 0 Å². The average Bonchev–Trinajstić information content (AvgIpc) is 2.28. The highest BCUT2D eigenvalue weighted by molar-refractivity contribution is 6.14. The number of benzene rings is 11. The van der Waals surface area contributed by atoms with Crippen LogP contribution in [0.5, 0.6) is 0 Å². The van der Waals surface area contributed by atoms with Gasteiger partial charge in [-0.15, -0.1) is 0 Å². The second-order valence-electron chi connectivity index (χ2n) is 23.0. The average molecular weight is 1020 g/mol. The smallest absolute Gasteiger partial charge is 0.0720 e. The van der Waals surface area contributed by atoms with E-state index in [1.54, 1.807) is 0 Å². The zero-order chi connectivity index (χ0) is 53.2. The number of para-hydroxylation sites is 2. The highest BCUT2D eigenvalue weighted by Crippen LogP contribution is 2.68. The van der Waals surface area contributed by atoms with Gasteiger partial charge in [0.2, 0.25) is 0 Å². The van der Waals surface area contributed by atoms with Gasteiger partial charge < -0.3 is 9.13 Å². The molecule has 17 rings (SSSR count). The summed E-state index contributed by atoms with van der Waals surface area (Å²) in [5.41, 5.74) is 28.7. The van der Waals surface area contributed by atoms with Crippen molar-refractivity contribution >= 4 is 49.2 Å². The summed E-state index contributed by atoms with van der Waals surface area (Å²) in [5.74, 6) is 0. The Labute approximate surface area is 466 Å². The predicted octanol–water partition coefficient (Wildman–Crippen LogP) is 19.4. The van der Waals surface area contributed by atoms with Crippen LogP contribution in [0, 0.1) is 0 Å². The molecular weight excluding hydrogens is 965 g/mol. The van der Waals surface area contributed by atoms with Crippen LogP contribution in [0.3, 0.4) is 0 Å². The van der Waals surface area contributed by atoms with Gasteiger partial charge in [-0.25, -0.2) is 0 Å². The Balaban J connectivity index is 0.947. The molecule has 11 aromatic carbocycles. The summed E-state index contributed by atoms with van der Waals surface area (Å²) in [5, 5.41) is 5.01. The molecule has 2 spiro atoms. The molecule has 0 saturated carbocycles. The Kier molecular flexibility index (Phi) is 9.15. The van der Waals surface area contributed by atoms with Crippen LogP contribution in [0.2, 0.25) is 0 Å². The van der Waals surface area contributed by atoms with Crippen LogP contribution in [0.1, 0.15) is 76.4 Å². The molecule has 2 heterocycles. The van der Waals surface area contributed by atoms with Crippen molar-refractivity contribution in [2.75, 3.05) is 0 Å². The van der Waals surface area contributed by atoms with Gasteiger partial charge in [0.1, 0.15) is 0 Å². The van der Waals surface area contributed by atoms with E-state index in [9.17, 15) is 0 Å².